The number of fused-ring (bicyclic) bond motifs is 1. The molecule has 0 saturated heterocycles. The summed E-state index contributed by atoms with van der Waals surface area (Å²) in [5.74, 6) is -0.440. The highest BCUT2D eigenvalue weighted by Gasteiger charge is 2.10. The van der Waals surface area contributed by atoms with Gasteiger partial charge in [-0.25, -0.2) is 0 Å². The Morgan fingerprint density at radius 1 is 1.57 bits per heavy atom. The first-order chi connectivity index (χ1) is 6.20. The fraction of sp³-hybridized carbons (Fsp3) is 0.111. The van der Waals surface area contributed by atoms with Gasteiger partial charge in [0.25, 0.3) is 5.91 Å². The normalized spacial score (nSPS) is 9.79. The molecule has 0 aromatic carbocycles. The van der Waals surface area contributed by atoms with Gasteiger partial charge in [0.15, 0.2) is 0 Å². The third-order valence-corrected chi connectivity index (χ3v) is 2.01. The number of amides is 1. The zero-order valence-electron chi connectivity index (χ0n) is 7.60. The standard InChI is InChI=1S/C9H9N3O.ClH/c1-12-5-6(9(10)13)8-7(12)3-2-4-11-8;/h2-5H,1H3,(H2,10,13);1H. The Balaban J connectivity index is 0.000000980. The summed E-state index contributed by atoms with van der Waals surface area (Å²) in [6.45, 7) is 0. The number of carbonyl (C=O) groups excluding carboxylic acids is 1. The van der Waals surface area contributed by atoms with Gasteiger partial charge in [0.2, 0.25) is 0 Å². The first kappa shape index (κ1) is 10.5. The summed E-state index contributed by atoms with van der Waals surface area (Å²) in [5, 5.41) is 0. The van der Waals surface area contributed by atoms with E-state index < -0.39 is 5.91 Å². The summed E-state index contributed by atoms with van der Waals surface area (Å²) in [6, 6.07) is 3.72. The molecule has 0 aliphatic rings. The van der Waals surface area contributed by atoms with E-state index in [1.54, 1.807) is 12.4 Å². The van der Waals surface area contributed by atoms with E-state index in [1.807, 2.05) is 23.7 Å². The molecule has 0 aliphatic carbocycles. The molecular formula is C9H10ClN3O. The molecule has 14 heavy (non-hydrogen) atoms. The topological polar surface area (TPSA) is 60.9 Å². The minimum absolute atomic E-state index is 0. The monoisotopic (exact) mass is 211 g/mol. The van der Waals surface area contributed by atoms with Crippen molar-refractivity contribution in [3.63, 3.8) is 0 Å². The predicted octanol–water partition coefficient (Wildman–Crippen LogP) is 1.09. The molecule has 2 heterocycles. The molecule has 0 unspecified atom stereocenters. The Morgan fingerprint density at radius 3 is 2.93 bits per heavy atom. The summed E-state index contributed by atoms with van der Waals surface area (Å²) in [5.41, 5.74) is 7.25. The van der Waals surface area contributed by atoms with Crippen LogP contribution >= 0.6 is 12.4 Å². The van der Waals surface area contributed by atoms with Crippen molar-refractivity contribution >= 4 is 29.3 Å². The second-order valence-corrected chi connectivity index (χ2v) is 2.89. The SMILES string of the molecule is Cl.Cn1cc(C(N)=O)c2ncccc21. The van der Waals surface area contributed by atoms with Gasteiger partial charge < -0.3 is 10.3 Å². The Kier molecular flexibility index (Phi) is 2.76. The number of aryl methyl sites for hydroxylation is 1. The highest BCUT2D eigenvalue weighted by molar-refractivity contribution is 6.04. The van der Waals surface area contributed by atoms with Crippen molar-refractivity contribution in [1.82, 2.24) is 9.55 Å². The molecular weight excluding hydrogens is 202 g/mol. The summed E-state index contributed by atoms with van der Waals surface area (Å²) in [6.07, 6.45) is 3.34. The lowest BCUT2D eigenvalue weighted by Gasteiger charge is -1.92. The molecule has 0 fully saturated rings. The number of hydrogen-bond donors (Lipinski definition) is 1. The van der Waals surface area contributed by atoms with Gasteiger partial charge in [-0.05, 0) is 12.1 Å². The van der Waals surface area contributed by atoms with Crippen molar-refractivity contribution in [2.24, 2.45) is 12.8 Å². The molecule has 5 heteroatoms. The van der Waals surface area contributed by atoms with Gasteiger partial charge in [0, 0.05) is 19.4 Å². The van der Waals surface area contributed by atoms with Crippen LogP contribution in [0, 0.1) is 0 Å². The fourth-order valence-corrected chi connectivity index (χ4v) is 1.39. The number of hydrogen-bond acceptors (Lipinski definition) is 2. The van der Waals surface area contributed by atoms with Gasteiger partial charge in [-0.3, -0.25) is 9.78 Å². The number of nitrogens with zero attached hydrogens (tertiary/aromatic N) is 2. The van der Waals surface area contributed by atoms with Gasteiger partial charge in [0.1, 0.15) is 5.52 Å². The van der Waals surface area contributed by atoms with E-state index in [9.17, 15) is 4.79 Å². The Labute approximate surface area is 87.1 Å². The van der Waals surface area contributed by atoms with Crippen LogP contribution in [0.5, 0.6) is 0 Å². The summed E-state index contributed by atoms with van der Waals surface area (Å²) in [7, 11) is 1.86. The van der Waals surface area contributed by atoms with Crippen molar-refractivity contribution in [3.8, 4) is 0 Å². The van der Waals surface area contributed by atoms with Crippen LogP contribution < -0.4 is 5.73 Å². The first-order valence-corrected chi connectivity index (χ1v) is 3.90. The van der Waals surface area contributed by atoms with Crippen LogP contribution in [0.2, 0.25) is 0 Å². The lowest BCUT2D eigenvalue weighted by Crippen LogP contribution is -2.10. The van der Waals surface area contributed by atoms with E-state index in [0.717, 1.165) is 5.52 Å². The maximum Gasteiger partial charge on any atom is 0.252 e. The average molecular weight is 212 g/mol. The quantitative estimate of drug-likeness (QED) is 0.768. The molecule has 0 aliphatic heterocycles. The molecule has 74 valence electrons. The van der Waals surface area contributed by atoms with E-state index in [-0.39, 0.29) is 12.4 Å². The van der Waals surface area contributed by atoms with Crippen LogP contribution in [0.15, 0.2) is 24.5 Å². The molecule has 0 bridgehead atoms. The molecule has 2 aromatic heterocycles. The summed E-state index contributed by atoms with van der Waals surface area (Å²) >= 11 is 0. The lowest BCUT2D eigenvalue weighted by molar-refractivity contribution is 0.100. The average Bonchev–Trinajstić information content (AvgIpc) is 2.45. The largest absolute Gasteiger partial charge is 0.365 e. The van der Waals surface area contributed by atoms with Crippen molar-refractivity contribution in [2.75, 3.05) is 0 Å². The van der Waals surface area contributed by atoms with Gasteiger partial charge in [0.05, 0.1) is 11.1 Å². The molecule has 2 N–H and O–H groups in total. The third-order valence-electron chi connectivity index (χ3n) is 2.01. The Hall–Kier alpha value is -1.55. The predicted molar refractivity (Wildman–Crippen MR) is 56.5 cm³/mol. The van der Waals surface area contributed by atoms with Crippen LogP contribution in [-0.4, -0.2) is 15.5 Å². The van der Waals surface area contributed by atoms with E-state index in [1.165, 1.54) is 0 Å². The van der Waals surface area contributed by atoms with Crippen molar-refractivity contribution in [2.45, 2.75) is 0 Å². The molecule has 1 amide bonds. The molecule has 0 radical (unpaired) electrons. The first-order valence-electron chi connectivity index (χ1n) is 3.90. The molecule has 0 saturated carbocycles. The Morgan fingerprint density at radius 2 is 2.29 bits per heavy atom. The maximum absolute atomic E-state index is 11.0. The van der Waals surface area contributed by atoms with Crippen LogP contribution in [0.3, 0.4) is 0 Å². The van der Waals surface area contributed by atoms with Gasteiger partial charge >= 0.3 is 0 Å². The smallest absolute Gasteiger partial charge is 0.252 e. The van der Waals surface area contributed by atoms with Crippen molar-refractivity contribution < 1.29 is 4.79 Å². The Bertz CT molecular complexity index is 478. The zero-order chi connectivity index (χ0) is 9.42. The van der Waals surface area contributed by atoms with Crippen LogP contribution in [0.4, 0.5) is 0 Å². The second-order valence-electron chi connectivity index (χ2n) is 2.89. The number of carbonyl (C=O) groups is 1. The summed E-state index contributed by atoms with van der Waals surface area (Å²) < 4.78 is 1.84. The molecule has 4 nitrogen and oxygen atoms in total. The maximum atomic E-state index is 11.0. The van der Waals surface area contributed by atoms with Gasteiger partial charge in [-0.2, -0.15) is 0 Å². The number of primary amides is 1. The van der Waals surface area contributed by atoms with Crippen LogP contribution in [0.1, 0.15) is 10.4 Å². The van der Waals surface area contributed by atoms with E-state index in [4.69, 9.17) is 5.73 Å². The molecule has 2 rings (SSSR count). The highest BCUT2D eigenvalue weighted by Crippen LogP contribution is 2.16. The minimum Gasteiger partial charge on any atom is -0.365 e. The second kappa shape index (κ2) is 3.67. The van der Waals surface area contributed by atoms with Crippen LogP contribution in [0.25, 0.3) is 11.0 Å². The lowest BCUT2D eigenvalue weighted by atomic mass is 10.2. The number of nitrogens with two attached hydrogens (primary N) is 1. The van der Waals surface area contributed by atoms with E-state index >= 15 is 0 Å². The van der Waals surface area contributed by atoms with Crippen molar-refractivity contribution in [3.05, 3.63) is 30.1 Å². The number of aromatic nitrogens is 2. The van der Waals surface area contributed by atoms with E-state index in [2.05, 4.69) is 4.98 Å². The fourth-order valence-electron chi connectivity index (χ4n) is 1.39. The van der Waals surface area contributed by atoms with Crippen LogP contribution in [-0.2, 0) is 7.05 Å². The summed E-state index contributed by atoms with van der Waals surface area (Å²) in [4.78, 5) is 15.1. The number of pyridine rings is 1. The molecule has 2 aromatic rings. The number of rotatable bonds is 1. The van der Waals surface area contributed by atoms with E-state index in [0.29, 0.717) is 11.1 Å². The molecule has 0 atom stereocenters. The zero-order valence-corrected chi connectivity index (χ0v) is 8.41. The minimum atomic E-state index is -0.440. The highest BCUT2D eigenvalue weighted by atomic mass is 35.5. The molecule has 0 spiro atoms. The van der Waals surface area contributed by atoms with Crippen molar-refractivity contribution in [1.29, 1.82) is 0 Å². The third kappa shape index (κ3) is 1.44. The van der Waals surface area contributed by atoms with Gasteiger partial charge in [-0.1, -0.05) is 0 Å². The number of halogens is 1. The van der Waals surface area contributed by atoms with Gasteiger partial charge in [-0.15, -0.1) is 12.4 Å².